The van der Waals surface area contributed by atoms with Crippen LogP contribution in [0.4, 0.5) is 0 Å². The van der Waals surface area contributed by atoms with Gasteiger partial charge < -0.3 is 18.6 Å². The van der Waals surface area contributed by atoms with Gasteiger partial charge in [-0.15, -0.1) is 0 Å². The number of carbonyl (C=O) groups is 2. The molecule has 6 nitrogen and oxygen atoms in total. The van der Waals surface area contributed by atoms with Crippen molar-refractivity contribution in [2.45, 2.75) is 141 Å². The Bertz CT molecular complexity index is 640. The van der Waals surface area contributed by atoms with Gasteiger partial charge in [0, 0.05) is 0 Å². The fourth-order valence-electron chi connectivity index (χ4n) is 5.49. The number of ketones is 1. The molecule has 1 heterocycles. The van der Waals surface area contributed by atoms with Gasteiger partial charge in [-0.05, 0) is 61.3 Å². The number of amides is 1. The first-order chi connectivity index (χ1) is 16.0. The van der Waals surface area contributed by atoms with E-state index < -0.39 is 36.7 Å². The lowest BCUT2D eigenvalue weighted by atomic mass is 9.92. The van der Waals surface area contributed by atoms with Gasteiger partial charge in [0.15, 0.2) is 30.7 Å². The van der Waals surface area contributed by atoms with Crippen molar-refractivity contribution in [3.8, 4) is 0 Å². The van der Waals surface area contributed by atoms with E-state index in [1.54, 1.807) is 0 Å². The van der Waals surface area contributed by atoms with Crippen LogP contribution in [0, 0.1) is 0 Å². The topological polar surface area (TPSA) is 73.9 Å². The van der Waals surface area contributed by atoms with Crippen molar-refractivity contribution in [2.24, 2.45) is 0 Å². The highest BCUT2D eigenvalue weighted by molar-refractivity contribution is 6.75. The molecule has 0 aromatic rings. The third kappa shape index (κ3) is 6.14. The number of Topliss-reactive ketones (excluding diaryl/α,β-unsaturated/α-hetero) is 1. The molecule has 34 heavy (non-hydrogen) atoms. The van der Waals surface area contributed by atoms with Gasteiger partial charge in [-0.3, -0.25) is 9.59 Å². The van der Waals surface area contributed by atoms with Crippen LogP contribution >= 0.6 is 0 Å². The fraction of sp³-hybridized carbons (Fsp3) is 0.920. The van der Waals surface area contributed by atoms with Gasteiger partial charge in [0.1, 0.15) is 6.10 Å². The van der Waals surface area contributed by atoms with Crippen molar-refractivity contribution < 1.29 is 22.9 Å². The number of carbonyl (C=O) groups excluding carboxylic acids is 2. The molecule has 1 saturated heterocycles. The second-order valence-corrected chi connectivity index (χ2v) is 24.2. The van der Waals surface area contributed by atoms with Crippen LogP contribution in [0.15, 0.2) is 0 Å². The maximum atomic E-state index is 13.7. The molecule has 1 aliphatic heterocycles. The van der Waals surface area contributed by atoms with E-state index in [9.17, 15) is 9.59 Å². The zero-order valence-electron chi connectivity index (χ0n) is 23.8. The quantitative estimate of drug-likeness (QED) is 0.177. The number of hydrogen-bond acceptors (Lipinski definition) is 5. The molecular weight excluding hydrogens is 479 g/mol. The maximum absolute atomic E-state index is 13.7. The normalized spacial score (nSPS) is 23.9. The predicted octanol–water partition coefficient (Wildman–Crippen LogP) is 6.25. The molecule has 0 radical (unpaired) electrons. The van der Waals surface area contributed by atoms with Crippen molar-refractivity contribution in [3.63, 3.8) is 0 Å². The van der Waals surface area contributed by atoms with E-state index in [-0.39, 0.29) is 17.7 Å². The lowest BCUT2D eigenvalue weighted by Gasteiger charge is -2.44. The lowest BCUT2D eigenvalue weighted by Crippen LogP contribution is -2.63. The zero-order chi connectivity index (χ0) is 26.2. The second-order valence-electron chi connectivity index (χ2n) is 10.1. The molecule has 200 valence electrons. The Labute approximate surface area is 212 Å². The highest BCUT2D eigenvalue weighted by atomic mass is 28.4. The first kappa shape index (κ1) is 31.7. The summed E-state index contributed by atoms with van der Waals surface area (Å²) in [5.41, 5.74) is -1.57. The van der Waals surface area contributed by atoms with Gasteiger partial charge >= 0.3 is 0 Å². The van der Waals surface area contributed by atoms with E-state index in [0.717, 1.165) is 54.4 Å². The first-order valence-electron chi connectivity index (χ1n) is 13.9. The third-order valence-corrected chi connectivity index (χ3v) is 23.0. The van der Waals surface area contributed by atoms with E-state index in [1.165, 1.54) is 6.92 Å². The van der Waals surface area contributed by atoms with Gasteiger partial charge in [-0.25, -0.2) is 0 Å². The molecule has 1 N–H and O–H groups in total. The van der Waals surface area contributed by atoms with Gasteiger partial charge in [0.05, 0.1) is 12.6 Å². The SMILES string of the molecule is CC[Si](CC)(CC)OC[C@@H]1NC(=O)[C@@](O[Si](CC)(CC)CC)(C(C)=O)[C@H]1O[Si](CC)(CC)CC. The van der Waals surface area contributed by atoms with Crippen LogP contribution in [0.3, 0.4) is 0 Å². The third-order valence-electron chi connectivity index (χ3n) is 9.07. The highest BCUT2D eigenvalue weighted by Gasteiger charge is 2.64. The van der Waals surface area contributed by atoms with E-state index in [1.807, 2.05) is 0 Å². The molecule has 0 aromatic heterocycles. The molecule has 1 rings (SSSR count). The molecule has 1 aliphatic rings. The van der Waals surface area contributed by atoms with Gasteiger partial charge in [0.2, 0.25) is 5.60 Å². The van der Waals surface area contributed by atoms with Crippen molar-refractivity contribution in [1.82, 2.24) is 5.32 Å². The Morgan fingerprint density at radius 2 is 1.18 bits per heavy atom. The minimum Gasteiger partial charge on any atom is -0.415 e. The van der Waals surface area contributed by atoms with Crippen LogP contribution in [0.2, 0.25) is 54.4 Å². The Balaban J connectivity index is 3.59. The molecule has 0 bridgehead atoms. The Kier molecular flexibility index (Phi) is 12.4. The summed E-state index contributed by atoms with van der Waals surface area (Å²) in [6, 6.07) is 8.18. The summed E-state index contributed by atoms with van der Waals surface area (Å²) in [5, 5.41) is 3.14. The van der Waals surface area contributed by atoms with Gasteiger partial charge in [-0.1, -0.05) is 62.3 Å². The molecule has 3 atom stereocenters. The average molecular weight is 532 g/mol. The smallest absolute Gasteiger partial charge is 0.262 e. The first-order valence-corrected chi connectivity index (χ1v) is 21.5. The monoisotopic (exact) mass is 531 g/mol. The summed E-state index contributed by atoms with van der Waals surface area (Å²) in [4.78, 5) is 27.1. The predicted molar refractivity (Wildman–Crippen MR) is 149 cm³/mol. The Morgan fingerprint density at radius 3 is 1.53 bits per heavy atom. The van der Waals surface area contributed by atoms with E-state index in [0.29, 0.717) is 6.61 Å². The van der Waals surface area contributed by atoms with Crippen LogP contribution in [0.1, 0.15) is 69.2 Å². The second kappa shape index (κ2) is 13.3. The van der Waals surface area contributed by atoms with Crippen LogP contribution in [-0.4, -0.2) is 61.0 Å². The number of nitrogens with one attached hydrogen (secondary N) is 1. The van der Waals surface area contributed by atoms with Crippen LogP contribution in [0.5, 0.6) is 0 Å². The van der Waals surface area contributed by atoms with Gasteiger partial charge in [-0.2, -0.15) is 0 Å². The minimum atomic E-state index is -2.30. The van der Waals surface area contributed by atoms with Crippen molar-refractivity contribution in [2.75, 3.05) is 6.61 Å². The standard InChI is InChI=1S/C25H53NO5Si3/c1-11-32(12-2,13-3)29-20-22-23(30-33(14-4,15-5)16-6)25(21(10)27,24(28)26-22)31-34(17-7,18-8)19-9/h22-23H,11-20H2,1-10H3,(H,26,28)/t22-,23-,25+/m0/s1. The molecule has 0 aromatic carbocycles. The average Bonchev–Trinajstić information content (AvgIpc) is 3.13. The molecule has 0 aliphatic carbocycles. The Hall–Kier alpha value is -0.329. The number of rotatable bonds is 17. The molecule has 9 heteroatoms. The summed E-state index contributed by atoms with van der Waals surface area (Å²) in [6.07, 6.45) is -0.641. The van der Waals surface area contributed by atoms with Crippen LogP contribution < -0.4 is 5.32 Å². The van der Waals surface area contributed by atoms with E-state index in [4.69, 9.17) is 13.3 Å². The maximum Gasteiger partial charge on any atom is 0.262 e. The minimum absolute atomic E-state index is 0.235. The number of hydrogen-bond donors (Lipinski definition) is 1. The Morgan fingerprint density at radius 1 is 0.765 bits per heavy atom. The fourth-order valence-corrected chi connectivity index (χ4v) is 14.0. The summed E-state index contributed by atoms with van der Waals surface area (Å²) >= 11 is 0. The molecule has 0 unspecified atom stereocenters. The van der Waals surface area contributed by atoms with Crippen LogP contribution in [0.25, 0.3) is 0 Å². The van der Waals surface area contributed by atoms with E-state index >= 15 is 0 Å². The molecule has 1 amide bonds. The summed E-state index contributed by atoms with van der Waals surface area (Å²) in [7, 11) is -6.32. The summed E-state index contributed by atoms with van der Waals surface area (Å²) in [6.45, 7) is 21.4. The van der Waals surface area contributed by atoms with Crippen molar-refractivity contribution in [3.05, 3.63) is 0 Å². The largest absolute Gasteiger partial charge is 0.415 e. The van der Waals surface area contributed by atoms with Crippen molar-refractivity contribution in [1.29, 1.82) is 0 Å². The van der Waals surface area contributed by atoms with E-state index in [2.05, 4.69) is 67.6 Å². The zero-order valence-corrected chi connectivity index (χ0v) is 26.8. The van der Waals surface area contributed by atoms with Crippen LogP contribution in [-0.2, 0) is 22.9 Å². The molecule has 0 saturated carbocycles. The van der Waals surface area contributed by atoms with Crippen molar-refractivity contribution >= 4 is 36.6 Å². The molecule has 1 fully saturated rings. The van der Waals surface area contributed by atoms with Gasteiger partial charge in [0.25, 0.3) is 5.91 Å². The highest BCUT2D eigenvalue weighted by Crippen LogP contribution is 2.40. The summed E-state index contributed by atoms with van der Waals surface area (Å²) < 4.78 is 20.5. The lowest BCUT2D eigenvalue weighted by molar-refractivity contribution is -0.152. The molecular formula is C25H53NO5Si3. The molecule has 0 spiro atoms. The summed E-state index contributed by atoms with van der Waals surface area (Å²) in [5.74, 6) is -0.560.